The highest BCUT2D eigenvalue weighted by Crippen LogP contribution is 2.08. The first-order chi connectivity index (χ1) is 8.20. The molecule has 0 aliphatic heterocycles. The third-order valence-electron chi connectivity index (χ3n) is 2.40. The van der Waals surface area contributed by atoms with Crippen molar-refractivity contribution in [3.63, 3.8) is 0 Å². The molecule has 0 fully saturated rings. The van der Waals surface area contributed by atoms with Gasteiger partial charge in [-0.25, -0.2) is 8.78 Å². The fourth-order valence-corrected chi connectivity index (χ4v) is 1.41. The summed E-state index contributed by atoms with van der Waals surface area (Å²) in [6.07, 6.45) is -0.122. The van der Waals surface area contributed by atoms with Gasteiger partial charge >= 0.3 is 0 Å². The van der Waals surface area contributed by atoms with E-state index in [0.717, 1.165) is 0 Å². The van der Waals surface area contributed by atoms with Crippen LogP contribution in [0, 0.1) is 0 Å². The van der Waals surface area contributed by atoms with Crippen LogP contribution in [0.3, 0.4) is 0 Å². The molecule has 0 saturated carbocycles. The number of halogens is 4. The van der Waals surface area contributed by atoms with Gasteiger partial charge < -0.3 is 4.74 Å². The summed E-state index contributed by atoms with van der Waals surface area (Å²) < 4.78 is 54.4. The van der Waals surface area contributed by atoms with E-state index in [-0.39, 0.29) is 26.1 Å². The van der Waals surface area contributed by atoms with Crippen LogP contribution in [0.5, 0.6) is 0 Å². The van der Waals surface area contributed by atoms with Crippen LogP contribution < -0.4 is 0 Å². The zero-order valence-corrected chi connectivity index (χ0v) is 10.1. The maximum absolute atomic E-state index is 13.1. The van der Waals surface area contributed by atoms with Gasteiger partial charge in [-0.3, -0.25) is 8.78 Å². The minimum atomic E-state index is -1.15. The third-order valence-corrected chi connectivity index (χ3v) is 2.40. The van der Waals surface area contributed by atoms with Crippen molar-refractivity contribution in [2.24, 2.45) is 0 Å². The van der Waals surface area contributed by atoms with Crippen LogP contribution in [-0.4, -0.2) is 38.9 Å². The fraction of sp³-hybridized carbons (Fsp3) is 1.00. The predicted octanol–water partition coefficient (Wildman–Crippen LogP) is 3.96. The zero-order valence-electron chi connectivity index (χ0n) is 10.1. The largest absolute Gasteiger partial charge is 0.375 e. The summed E-state index contributed by atoms with van der Waals surface area (Å²) in [6, 6.07) is 0. The topological polar surface area (TPSA) is 9.23 Å². The molecule has 0 aliphatic rings. The Bertz CT molecular complexity index is 141. The number of alkyl halides is 4. The maximum atomic E-state index is 13.1. The van der Waals surface area contributed by atoms with E-state index in [1.165, 1.54) is 0 Å². The summed E-state index contributed by atoms with van der Waals surface area (Å²) in [5.41, 5.74) is 0. The van der Waals surface area contributed by atoms with Crippen LogP contribution in [0.15, 0.2) is 0 Å². The number of hydrogen-bond acceptors (Lipinski definition) is 1. The lowest BCUT2D eigenvalue weighted by Gasteiger charge is -2.11. The predicted molar refractivity (Wildman–Crippen MR) is 60.3 cm³/mol. The van der Waals surface area contributed by atoms with Crippen LogP contribution in [0.25, 0.3) is 0 Å². The van der Waals surface area contributed by atoms with Crippen molar-refractivity contribution in [3.8, 4) is 0 Å². The molecule has 0 aliphatic carbocycles. The summed E-state index contributed by atoms with van der Waals surface area (Å²) in [5, 5.41) is 0. The summed E-state index contributed by atoms with van der Waals surface area (Å²) in [7, 11) is 0. The number of hydrogen-bond donors (Lipinski definition) is 0. The van der Waals surface area contributed by atoms with Gasteiger partial charge in [0, 0.05) is 0 Å². The first kappa shape index (κ1) is 16.7. The van der Waals surface area contributed by atoms with Crippen molar-refractivity contribution in [2.45, 2.75) is 50.9 Å². The molecule has 104 valence electrons. The number of unbranched alkanes of at least 4 members (excludes halogenated alkanes) is 2. The van der Waals surface area contributed by atoms with Gasteiger partial charge in [0.2, 0.25) is 0 Å². The second-order valence-electron chi connectivity index (χ2n) is 4.10. The standard InChI is InChI=1S/C12H22F4O/c13-7-3-1-5-11(15)9-17-10-12(16)6-2-4-8-14/h11-12H,1-10H2. The van der Waals surface area contributed by atoms with Crippen molar-refractivity contribution >= 4 is 0 Å². The molecule has 17 heavy (non-hydrogen) atoms. The van der Waals surface area contributed by atoms with Gasteiger partial charge in [-0.05, 0) is 38.5 Å². The first-order valence-electron chi connectivity index (χ1n) is 6.18. The highest BCUT2D eigenvalue weighted by atomic mass is 19.1. The Labute approximate surface area is 101 Å². The first-order valence-corrected chi connectivity index (χ1v) is 6.18. The summed E-state index contributed by atoms with van der Waals surface area (Å²) in [4.78, 5) is 0. The minimum absolute atomic E-state index is 0.143. The van der Waals surface area contributed by atoms with Crippen LogP contribution in [0.4, 0.5) is 17.6 Å². The van der Waals surface area contributed by atoms with Gasteiger partial charge in [-0.15, -0.1) is 0 Å². The van der Waals surface area contributed by atoms with Gasteiger partial charge in [0.25, 0.3) is 0 Å². The quantitative estimate of drug-likeness (QED) is 0.380. The van der Waals surface area contributed by atoms with E-state index in [1.54, 1.807) is 0 Å². The Morgan fingerprint density at radius 3 is 1.47 bits per heavy atom. The normalized spacial score (nSPS) is 14.8. The third kappa shape index (κ3) is 11.9. The molecular formula is C12H22F4O. The molecule has 2 unspecified atom stereocenters. The van der Waals surface area contributed by atoms with Crippen LogP contribution >= 0.6 is 0 Å². The van der Waals surface area contributed by atoms with Crippen molar-refractivity contribution < 1.29 is 22.3 Å². The monoisotopic (exact) mass is 258 g/mol. The van der Waals surface area contributed by atoms with E-state index >= 15 is 0 Å². The molecular weight excluding hydrogens is 236 g/mol. The van der Waals surface area contributed by atoms with E-state index < -0.39 is 25.7 Å². The molecule has 0 aromatic carbocycles. The molecule has 0 rings (SSSR count). The van der Waals surface area contributed by atoms with E-state index in [4.69, 9.17) is 4.74 Å². The highest BCUT2D eigenvalue weighted by molar-refractivity contribution is 4.58. The van der Waals surface area contributed by atoms with Gasteiger partial charge in [-0.2, -0.15) is 0 Å². The van der Waals surface area contributed by atoms with Crippen molar-refractivity contribution in [1.82, 2.24) is 0 Å². The zero-order chi connectivity index (χ0) is 12.9. The lowest BCUT2D eigenvalue weighted by molar-refractivity contribution is 0.0392. The highest BCUT2D eigenvalue weighted by Gasteiger charge is 2.10. The molecule has 1 nitrogen and oxygen atoms in total. The Morgan fingerprint density at radius 1 is 0.706 bits per heavy atom. The van der Waals surface area contributed by atoms with E-state index in [2.05, 4.69) is 0 Å². The summed E-state index contributed by atoms with van der Waals surface area (Å²) in [6.45, 7) is -1.16. The molecule has 0 radical (unpaired) electrons. The molecule has 0 spiro atoms. The fourth-order valence-electron chi connectivity index (χ4n) is 1.41. The Balaban J connectivity index is 3.29. The molecule has 0 bridgehead atoms. The van der Waals surface area contributed by atoms with Crippen LogP contribution in [-0.2, 0) is 4.74 Å². The molecule has 2 atom stereocenters. The van der Waals surface area contributed by atoms with Gasteiger partial charge in [0.15, 0.2) is 0 Å². The Kier molecular flexibility index (Phi) is 11.9. The molecule has 0 N–H and O–H groups in total. The molecule has 0 aromatic rings. The number of rotatable bonds is 12. The van der Waals surface area contributed by atoms with E-state index in [1.807, 2.05) is 0 Å². The molecule has 5 heteroatoms. The van der Waals surface area contributed by atoms with Gasteiger partial charge in [0.1, 0.15) is 12.3 Å². The van der Waals surface area contributed by atoms with E-state index in [0.29, 0.717) is 25.7 Å². The van der Waals surface area contributed by atoms with Gasteiger partial charge in [-0.1, -0.05) is 0 Å². The second-order valence-corrected chi connectivity index (χ2v) is 4.10. The average molecular weight is 258 g/mol. The molecule has 0 saturated heterocycles. The molecule has 0 heterocycles. The minimum Gasteiger partial charge on any atom is -0.375 e. The van der Waals surface area contributed by atoms with Crippen LogP contribution in [0.1, 0.15) is 38.5 Å². The maximum Gasteiger partial charge on any atom is 0.123 e. The van der Waals surface area contributed by atoms with E-state index in [9.17, 15) is 17.6 Å². The number of ether oxygens (including phenoxy) is 1. The summed E-state index contributed by atoms with van der Waals surface area (Å²) >= 11 is 0. The Morgan fingerprint density at radius 2 is 1.12 bits per heavy atom. The summed E-state index contributed by atoms with van der Waals surface area (Å²) in [5.74, 6) is 0. The lowest BCUT2D eigenvalue weighted by Crippen LogP contribution is -2.16. The van der Waals surface area contributed by atoms with Crippen LogP contribution in [0.2, 0.25) is 0 Å². The van der Waals surface area contributed by atoms with Crippen molar-refractivity contribution in [2.75, 3.05) is 26.6 Å². The SMILES string of the molecule is FCCCCC(F)COCC(F)CCCCF. The second kappa shape index (κ2) is 12.1. The smallest absolute Gasteiger partial charge is 0.123 e. The van der Waals surface area contributed by atoms with Gasteiger partial charge in [0.05, 0.1) is 26.6 Å². The van der Waals surface area contributed by atoms with Crippen molar-refractivity contribution in [3.05, 3.63) is 0 Å². The lowest BCUT2D eigenvalue weighted by atomic mass is 10.2. The molecule has 0 aromatic heterocycles. The Hall–Kier alpha value is -0.320. The van der Waals surface area contributed by atoms with Crippen molar-refractivity contribution in [1.29, 1.82) is 0 Å². The molecule has 0 amide bonds. The average Bonchev–Trinajstić information content (AvgIpc) is 2.30.